The van der Waals surface area contributed by atoms with Crippen molar-refractivity contribution in [2.45, 2.75) is 19.3 Å². The molecule has 1 amide bonds. The molecule has 4 nitrogen and oxygen atoms in total. The molecule has 28 heavy (non-hydrogen) atoms. The Morgan fingerprint density at radius 3 is 2.50 bits per heavy atom. The zero-order valence-electron chi connectivity index (χ0n) is 15.5. The summed E-state index contributed by atoms with van der Waals surface area (Å²) in [6.45, 7) is 1.21. The summed E-state index contributed by atoms with van der Waals surface area (Å²) >= 11 is 0. The fraction of sp³-hybridized carbons (Fsp3) is 0.318. The molecular formula is C22H23F2N3O. The molecule has 1 aliphatic carbocycles. The van der Waals surface area contributed by atoms with Crippen molar-refractivity contribution in [1.82, 2.24) is 10.3 Å². The fourth-order valence-corrected chi connectivity index (χ4v) is 4.05. The quantitative estimate of drug-likeness (QED) is 0.617. The summed E-state index contributed by atoms with van der Waals surface area (Å²) in [5.74, 6) is -0.376. The van der Waals surface area contributed by atoms with Crippen molar-refractivity contribution in [1.29, 1.82) is 0 Å². The lowest BCUT2D eigenvalue weighted by Gasteiger charge is -2.11. The van der Waals surface area contributed by atoms with Crippen molar-refractivity contribution in [3.63, 3.8) is 0 Å². The number of fused-ring (bicyclic) bond motifs is 1. The van der Waals surface area contributed by atoms with Crippen molar-refractivity contribution in [2.24, 2.45) is 17.6 Å². The van der Waals surface area contributed by atoms with E-state index in [2.05, 4.69) is 10.3 Å². The molecule has 4 N–H and O–H groups in total. The minimum Gasteiger partial charge on any atom is -0.350 e. The molecule has 0 saturated heterocycles. The van der Waals surface area contributed by atoms with Crippen molar-refractivity contribution in [3.8, 4) is 11.1 Å². The van der Waals surface area contributed by atoms with Crippen molar-refractivity contribution < 1.29 is 13.6 Å². The number of H-pyrrole nitrogens is 1. The van der Waals surface area contributed by atoms with E-state index in [0.717, 1.165) is 30.4 Å². The number of rotatable bonds is 5. The summed E-state index contributed by atoms with van der Waals surface area (Å²) in [4.78, 5) is 15.4. The molecular weight excluding hydrogens is 360 g/mol. The van der Waals surface area contributed by atoms with Gasteiger partial charge >= 0.3 is 0 Å². The molecule has 1 aliphatic rings. The first-order chi connectivity index (χ1) is 13.5. The van der Waals surface area contributed by atoms with Crippen molar-refractivity contribution >= 4 is 16.8 Å². The summed E-state index contributed by atoms with van der Waals surface area (Å²) < 4.78 is 27.8. The smallest absolute Gasteiger partial charge is 0.270 e. The third-order valence-corrected chi connectivity index (χ3v) is 5.67. The summed E-state index contributed by atoms with van der Waals surface area (Å²) in [6.07, 6.45) is 3.13. The van der Waals surface area contributed by atoms with Gasteiger partial charge in [0.15, 0.2) is 5.82 Å². The number of hydrogen-bond donors (Lipinski definition) is 3. The van der Waals surface area contributed by atoms with Gasteiger partial charge in [-0.1, -0.05) is 18.2 Å². The van der Waals surface area contributed by atoms with Crippen LogP contribution in [0, 0.1) is 23.5 Å². The van der Waals surface area contributed by atoms with Gasteiger partial charge in [0.25, 0.3) is 5.91 Å². The standard InChI is InChI=1S/C22H23F2N3O/c23-17-6-3-15(4-7-17)16-5-8-18-19(10-16)27-21(20(18)24)22(28)26-12-14-2-1-13(9-14)11-25/h3-8,10,13-14,27H,1-2,9,11-12,25H2,(H,26,28)/t13-,14+/m1/s1. The molecule has 6 heteroatoms. The van der Waals surface area contributed by atoms with Gasteiger partial charge in [0.2, 0.25) is 0 Å². The number of carbonyl (C=O) groups excluding carboxylic acids is 1. The Balaban J connectivity index is 1.52. The van der Waals surface area contributed by atoms with E-state index in [-0.39, 0.29) is 11.5 Å². The second kappa shape index (κ2) is 7.72. The van der Waals surface area contributed by atoms with E-state index in [4.69, 9.17) is 5.73 Å². The lowest BCUT2D eigenvalue weighted by atomic mass is 10.0. The Labute approximate surface area is 162 Å². The number of amides is 1. The van der Waals surface area contributed by atoms with Crippen LogP contribution in [0.4, 0.5) is 8.78 Å². The van der Waals surface area contributed by atoms with Crippen LogP contribution in [-0.4, -0.2) is 24.0 Å². The van der Waals surface area contributed by atoms with Crippen LogP contribution in [0.2, 0.25) is 0 Å². The van der Waals surface area contributed by atoms with E-state index in [1.807, 2.05) is 0 Å². The zero-order valence-corrected chi connectivity index (χ0v) is 15.5. The highest BCUT2D eigenvalue weighted by molar-refractivity contribution is 5.99. The number of halogens is 2. The number of aromatic amines is 1. The highest BCUT2D eigenvalue weighted by atomic mass is 19.1. The minimum atomic E-state index is -0.551. The molecule has 2 atom stereocenters. The van der Waals surface area contributed by atoms with Crippen LogP contribution in [-0.2, 0) is 0 Å². The zero-order chi connectivity index (χ0) is 19.7. The summed E-state index contributed by atoms with van der Waals surface area (Å²) in [7, 11) is 0. The van der Waals surface area contributed by atoms with Crippen LogP contribution in [0.5, 0.6) is 0 Å². The van der Waals surface area contributed by atoms with E-state index < -0.39 is 11.7 Å². The minimum absolute atomic E-state index is 0.0559. The molecule has 4 rings (SSSR count). The third-order valence-electron chi connectivity index (χ3n) is 5.67. The van der Waals surface area contributed by atoms with E-state index in [9.17, 15) is 13.6 Å². The molecule has 1 fully saturated rings. The molecule has 3 aromatic rings. The number of carbonyl (C=O) groups is 1. The van der Waals surface area contributed by atoms with Crippen LogP contribution in [0.1, 0.15) is 29.8 Å². The Hall–Kier alpha value is -2.73. The van der Waals surface area contributed by atoms with Crippen LogP contribution >= 0.6 is 0 Å². The number of benzene rings is 2. The van der Waals surface area contributed by atoms with E-state index in [1.165, 1.54) is 12.1 Å². The maximum Gasteiger partial charge on any atom is 0.270 e. The lowest BCUT2D eigenvalue weighted by Crippen LogP contribution is -2.29. The molecule has 1 saturated carbocycles. The van der Waals surface area contributed by atoms with Gasteiger partial charge in [0, 0.05) is 17.4 Å². The van der Waals surface area contributed by atoms with Gasteiger partial charge < -0.3 is 16.0 Å². The second-order valence-corrected chi connectivity index (χ2v) is 7.57. The van der Waals surface area contributed by atoms with Gasteiger partial charge in [-0.15, -0.1) is 0 Å². The molecule has 0 spiro atoms. The molecule has 0 aliphatic heterocycles. The molecule has 0 radical (unpaired) electrons. The maximum atomic E-state index is 14.7. The van der Waals surface area contributed by atoms with Crippen LogP contribution in [0.25, 0.3) is 22.0 Å². The number of aromatic nitrogens is 1. The SMILES string of the molecule is NC[C@@H]1CC[C@H](CNC(=O)c2[nH]c3cc(-c4ccc(F)cc4)ccc3c2F)C1. The first-order valence-corrected chi connectivity index (χ1v) is 9.60. The largest absolute Gasteiger partial charge is 0.350 e. The molecule has 0 unspecified atom stereocenters. The Kier molecular flexibility index (Phi) is 5.13. The summed E-state index contributed by atoms with van der Waals surface area (Å²) in [5, 5.41) is 3.21. The first kappa shape index (κ1) is 18.6. The van der Waals surface area contributed by atoms with Crippen molar-refractivity contribution in [3.05, 3.63) is 59.8 Å². The van der Waals surface area contributed by atoms with Gasteiger partial charge in [-0.05, 0) is 73.0 Å². The molecule has 1 aromatic heterocycles. The molecule has 2 aromatic carbocycles. The molecule has 146 valence electrons. The van der Waals surface area contributed by atoms with E-state index in [0.29, 0.717) is 35.8 Å². The molecule has 1 heterocycles. The van der Waals surface area contributed by atoms with Gasteiger partial charge in [-0.25, -0.2) is 8.78 Å². The second-order valence-electron chi connectivity index (χ2n) is 7.57. The van der Waals surface area contributed by atoms with Gasteiger partial charge in [0.1, 0.15) is 11.5 Å². The highest BCUT2D eigenvalue weighted by Crippen LogP contribution is 2.30. The van der Waals surface area contributed by atoms with E-state index in [1.54, 1.807) is 30.3 Å². The van der Waals surface area contributed by atoms with Crippen LogP contribution in [0.3, 0.4) is 0 Å². The average Bonchev–Trinajstić information content (AvgIpc) is 3.31. The number of hydrogen-bond acceptors (Lipinski definition) is 2. The third kappa shape index (κ3) is 3.64. The fourth-order valence-electron chi connectivity index (χ4n) is 4.05. The maximum absolute atomic E-state index is 14.7. The average molecular weight is 383 g/mol. The van der Waals surface area contributed by atoms with E-state index >= 15 is 0 Å². The highest BCUT2D eigenvalue weighted by Gasteiger charge is 2.25. The van der Waals surface area contributed by atoms with Crippen LogP contribution < -0.4 is 11.1 Å². The molecule has 0 bridgehead atoms. The normalized spacial score (nSPS) is 19.2. The number of nitrogens with one attached hydrogen (secondary N) is 2. The summed E-state index contributed by atoms with van der Waals surface area (Å²) in [6, 6.07) is 11.3. The van der Waals surface area contributed by atoms with Crippen molar-refractivity contribution in [2.75, 3.05) is 13.1 Å². The van der Waals surface area contributed by atoms with Gasteiger partial charge in [-0.3, -0.25) is 4.79 Å². The summed E-state index contributed by atoms with van der Waals surface area (Å²) in [5.41, 5.74) is 7.83. The lowest BCUT2D eigenvalue weighted by molar-refractivity contribution is 0.0939. The Morgan fingerprint density at radius 1 is 1.07 bits per heavy atom. The monoisotopic (exact) mass is 383 g/mol. The van der Waals surface area contributed by atoms with Crippen LogP contribution in [0.15, 0.2) is 42.5 Å². The van der Waals surface area contributed by atoms with Gasteiger partial charge in [-0.2, -0.15) is 0 Å². The predicted molar refractivity (Wildman–Crippen MR) is 106 cm³/mol. The topological polar surface area (TPSA) is 70.9 Å². The van der Waals surface area contributed by atoms with Gasteiger partial charge in [0.05, 0.1) is 0 Å². The Bertz CT molecular complexity index is 997. The Morgan fingerprint density at radius 2 is 1.79 bits per heavy atom. The predicted octanol–water partition coefficient (Wildman–Crippen LogP) is 4.22. The first-order valence-electron chi connectivity index (χ1n) is 9.60. The number of nitrogens with two attached hydrogens (primary N) is 1.